The van der Waals surface area contributed by atoms with E-state index in [1.54, 1.807) is 0 Å². The van der Waals surface area contributed by atoms with E-state index in [1.165, 1.54) is 16.7 Å². The Morgan fingerprint density at radius 1 is 0.870 bits per heavy atom. The summed E-state index contributed by atoms with van der Waals surface area (Å²) in [5.74, 6) is 1.51. The van der Waals surface area contributed by atoms with Gasteiger partial charge in [0.15, 0.2) is 0 Å². The quantitative estimate of drug-likeness (QED) is 0.617. The third-order valence-electron chi connectivity index (χ3n) is 4.00. The van der Waals surface area contributed by atoms with Crippen molar-refractivity contribution in [3.05, 3.63) is 77.2 Å². The van der Waals surface area contributed by atoms with Gasteiger partial charge >= 0.3 is 0 Å². The number of hydrogen-bond donors (Lipinski definition) is 1. The second-order valence-electron chi connectivity index (χ2n) is 6.16. The zero-order valence-electron chi connectivity index (χ0n) is 13.9. The Kier molecular flexibility index (Phi) is 4.42. The van der Waals surface area contributed by atoms with E-state index in [2.05, 4.69) is 84.5 Å². The van der Waals surface area contributed by atoms with Crippen LogP contribution in [0.15, 0.2) is 54.7 Å². The Bertz CT molecular complexity index is 791. The van der Waals surface area contributed by atoms with E-state index in [0.29, 0.717) is 5.92 Å². The van der Waals surface area contributed by atoms with Crippen molar-refractivity contribution in [2.75, 3.05) is 0 Å². The topological polar surface area (TPSA) is 28.7 Å². The molecular weight excluding hydrogens is 280 g/mol. The molecule has 1 N–H and O–H groups in total. The molecule has 0 amide bonds. The fraction of sp³-hybridized carbons (Fsp3) is 0.190. The van der Waals surface area contributed by atoms with E-state index in [4.69, 9.17) is 0 Å². The van der Waals surface area contributed by atoms with Gasteiger partial charge in [0.05, 0.1) is 11.9 Å². The number of aromatic nitrogens is 2. The van der Waals surface area contributed by atoms with E-state index in [1.807, 2.05) is 13.1 Å². The first-order chi connectivity index (χ1) is 11.1. The molecule has 23 heavy (non-hydrogen) atoms. The third kappa shape index (κ3) is 3.78. The highest BCUT2D eigenvalue weighted by molar-refractivity contribution is 5.71. The molecule has 0 unspecified atom stereocenters. The number of hydrogen-bond acceptors (Lipinski definition) is 1. The van der Waals surface area contributed by atoms with Gasteiger partial charge in [-0.15, -0.1) is 0 Å². The smallest absolute Gasteiger partial charge is 0.103 e. The van der Waals surface area contributed by atoms with Crippen LogP contribution in [0.4, 0.5) is 0 Å². The van der Waals surface area contributed by atoms with Crippen LogP contribution in [0.5, 0.6) is 0 Å². The average molecular weight is 302 g/mol. The van der Waals surface area contributed by atoms with E-state index in [-0.39, 0.29) is 0 Å². The van der Waals surface area contributed by atoms with Crippen molar-refractivity contribution < 1.29 is 0 Å². The standard InChI is InChI=1S/C21H22N2/c1-15(2)19-10-6-17(7-11-19)4-5-18-8-12-20(13-9-18)21-14-22-16(3)23-21/h4-15H,1-3H3,(H,22,23)/b5-4+. The predicted molar refractivity (Wildman–Crippen MR) is 98.2 cm³/mol. The van der Waals surface area contributed by atoms with E-state index in [9.17, 15) is 0 Å². The maximum Gasteiger partial charge on any atom is 0.103 e. The number of imidazole rings is 1. The first-order valence-electron chi connectivity index (χ1n) is 8.02. The second-order valence-corrected chi connectivity index (χ2v) is 6.16. The molecule has 116 valence electrons. The highest BCUT2D eigenvalue weighted by Crippen LogP contribution is 2.19. The number of nitrogens with zero attached hydrogens (tertiary/aromatic N) is 1. The molecule has 0 bridgehead atoms. The SMILES string of the molecule is Cc1ncc(-c2ccc(/C=C/c3ccc(C(C)C)cc3)cc2)[nH]1. The maximum absolute atomic E-state index is 4.24. The Hall–Kier alpha value is -2.61. The fourth-order valence-corrected chi connectivity index (χ4v) is 2.53. The maximum atomic E-state index is 4.24. The summed E-state index contributed by atoms with van der Waals surface area (Å²) < 4.78 is 0. The molecule has 0 spiro atoms. The molecule has 0 aliphatic heterocycles. The van der Waals surface area contributed by atoms with Crippen molar-refractivity contribution in [2.24, 2.45) is 0 Å². The van der Waals surface area contributed by atoms with Crippen molar-refractivity contribution in [3.8, 4) is 11.3 Å². The van der Waals surface area contributed by atoms with Gasteiger partial charge in [0.25, 0.3) is 0 Å². The number of rotatable bonds is 4. The lowest BCUT2D eigenvalue weighted by Gasteiger charge is -2.04. The minimum atomic E-state index is 0.576. The summed E-state index contributed by atoms with van der Waals surface area (Å²) in [5, 5.41) is 0. The lowest BCUT2D eigenvalue weighted by molar-refractivity contribution is 0.866. The molecule has 2 nitrogen and oxygen atoms in total. The Morgan fingerprint density at radius 3 is 1.91 bits per heavy atom. The molecule has 0 fully saturated rings. The van der Waals surface area contributed by atoms with Crippen LogP contribution >= 0.6 is 0 Å². The summed E-state index contributed by atoms with van der Waals surface area (Å²) in [7, 11) is 0. The number of H-pyrrole nitrogens is 1. The summed E-state index contributed by atoms with van der Waals surface area (Å²) in [6.45, 7) is 6.40. The van der Waals surface area contributed by atoms with Crippen molar-refractivity contribution in [1.82, 2.24) is 9.97 Å². The third-order valence-corrected chi connectivity index (χ3v) is 4.00. The van der Waals surface area contributed by atoms with Gasteiger partial charge in [-0.1, -0.05) is 74.5 Å². The van der Waals surface area contributed by atoms with Crippen LogP contribution in [0, 0.1) is 6.92 Å². The van der Waals surface area contributed by atoms with Gasteiger partial charge in [-0.25, -0.2) is 4.98 Å². The molecule has 1 heterocycles. The monoisotopic (exact) mass is 302 g/mol. The van der Waals surface area contributed by atoms with Crippen LogP contribution in [0.1, 0.15) is 42.3 Å². The molecule has 0 atom stereocenters. The summed E-state index contributed by atoms with van der Waals surface area (Å²) in [6.07, 6.45) is 6.17. The van der Waals surface area contributed by atoms with Gasteiger partial charge in [0.2, 0.25) is 0 Å². The molecule has 0 aliphatic rings. The number of nitrogens with one attached hydrogen (secondary N) is 1. The predicted octanol–water partition coefficient (Wildman–Crippen LogP) is 5.68. The number of aryl methyl sites for hydroxylation is 1. The molecule has 2 aromatic carbocycles. The minimum absolute atomic E-state index is 0.576. The van der Waals surface area contributed by atoms with Crippen molar-refractivity contribution in [3.63, 3.8) is 0 Å². The summed E-state index contributed by atoms with van der Waals surface area (Å²) in [6, 6.07) is 17.3. The Labute approximate surface area is 137 Å². The van der Waals surface area contributed by atoms with E-state index in [0.717, 1.165) is 17.1 Å². The van der Waals surface area contributed by atoms with E-state index >= 15 is 0 Å². The number of benzene rings is 2. The van der Waals surface area contributed by atoms with Gasteiger partial charge in [-0.2, -0.15) is 0 Å². The Balaban J connectivity index is 1.72. The first kappa shape index (κ1) is 15.3. The highest BCUT2D eigenvalue weighted by atomic mass is 14.9. The number of aromatic amines is 1. The van der Waals surface area contributed by atoms with Gasteiger partial charge in [0.1, 0.15) is 5.82 Å². The molecule has 0 saturated heterocycles. The first-order valence-corrected chi connectivity index (χ1v) is 8.02. The molecule has 0 radical (unpaired) electrons. The van der Waals surface area contributed by atoms with Crippen LogP contribution in [-0.4, -0.2) is 9.97 Å². The molecule has 3 aromatic rings. The highest BCUT2D eigenvalue weighted by Gasteiger charge is 2.00. The fourth-order valence-electron chi connectivity index (χ4n) is 2.53. The van der Waals surface area contributed by atoms with Crippen LogP contribution in [0.25, 0.3) is 23.4 Å². The van der Waals surface area contributed by atoms with Crippen molar-refractivity contribution in [1.29, 1.82) is 0 Å². The van der Waals surface area contributed by atoms with Gasteiger partial charge in [-0.05, 0) is 35.1 Å². The van der Waals surface area contributed by atoms with Crippen molar-refractivity contribution >= 4 is 12.2 Å². The molecule has 1 aromatic heterocycles. The lowest BCUT2D eigenvalue weighted by Crippen LogP contribution is -1.85. The van der Waals surface area contributed by atoms with Crippen LogP contribution < -0.4 is 0 Å². The molecule has 3 rings (SSSR count). The average Bonchev–Trinajstić information content (AvgIpc) is 3.00. The normalized spacial score (nSPS) is 11.5. The lowest BCUT2D eigenvalue weighted by atomic mass is 10.0. The summed E-state index contributed by atoms with van der Waals surface area (Å²) in [4.78, 5) is 7.50. The largest absolute Gasteiger partial charge is 0.342 e. The van der Waals surface area contributed by atoms with Gasteiger partial charge < -0.3 is 4.98 Å². The van der Waals surface area contributed by atoms with E-state index < -0.39 is 0 Å². The molecule has 0 saturated carbocycles. The van der Waals surface area contributed by atoms with Gasteiger partial charge in [-0.3, -0.25) is 0 Å². The van der Waals surface area contributed by atoms with Gasteiger partial charge in [0, 0.05) is 0 Å². The minimum Gasteiger partial charge on any atom is -0.342 e. The molecular formula is C21H22N2. The zero-order valence-corrected chi connectivity index (χ0v) is 13.9. The zero-order chi connectivity index (χ0) is 16.2. The summed E-state index contributed by atoms with van der Waals surface area (Å²) in [5.41, 5.74) is 6.01. The molecule has 0 aliphatic carbocycles. The molecule has 2 heteroatoms. The van der Waals surface area contributed by atoms with Crippen molar-refractivity contribution in [2.45, 2.75) is 26.7 Å². The van der Waals surface area contributed by atoms with Crippen LogP contribution in [0.3, 0.4) is 0 Å². The second kappa shape index (κ2) is 6.66. The van der Waals surface area contributed by atoms with Crippen LogP contribution in [-0.2, 0) is 0 Å². The van der Waals surface area contributed by atoms with Crippen LogP contribution in [0.2, 0.25) is 0 Å². The summed E-state index contributed by atoms with van der Waals surface area (Å²) >= 11 is 0. The Morgan fingerprint density at radius 2 is 1.43 bits per heavy atom.